The fourth-order valence-electron chi connectivity index (χ4n) is 6.48. The van der Waals surface area contributed by atoms with E-state index in [1.165, 1.54) is 59.9 Å². The molecule has 0 spiro atoms. The minimum atomic E-state index is -0.807. The summed E-state index contributed by atoms with van der Waals surface area (Å²) in [6.07, 6.45) is 5.48. The molecule has 0 atom stereocenters. The molecule has 0 heterocycles. The highest BCUT2D eigenvalue weighted by atomic mass is 32.2. The zero-order valence-corrected chi connectivity index (χ0v) is 41.0. The number of hydrogen-bond acceptors (Lipinski definition) is 14. The molecule has 20 nitrogen and oxygen atoms in total. The van der Waals surface area contributed by atoms with Crippen molar-refractivity contribution in [3.05, 3.63) is 117 Å². The Balaban J connectivity index is 1.11. The summed E-state index contributed by atoms with van der Waals surface area (Å²) in [5, 5.41) is 41.0. The fourth-order valence-corrected chi connectivity index (χ4v) is 8.20. The van der Waals surface area contributed by atoms with Gasteiger partial charge in [-0.05, 0) is 103 Å². The normalized spacial score (nSPS) is 10.6. The summed E-state index contributed by atoms with van der Waals surface area (Å²) in [5.74, 6) is -4.82. The molecule has 0 saturated carbocycles. The lowest BCUT2D eigenvalue weighted by atomic mass is 10.00. The molecule has 0 saturated heterocycles. The maximum absolute atomic E-state index is 12.9. The van der Waals surface area contributed by atoms with E-state index >= 15 is 0 Å². The number of hydrazine groups is 4. The van der Waals surface area contributed by atoms with Gasteiger partial charge in [0.15, 0.2) is 0 Å². The van der Waals surface area contributed by atoms with E-state index in [2.05, 4.69) is 43.4 Å². The zero-order valence-electron chi connectivity index (χ0n) is 39.4. The topological polar surface area (TPSA) is 314 Å². The average molecular weight is 1020 g/mol. The molecule has 71 heavy (non-hydrogen) atoms. The Kier molecular flexibility index (Phi) is 23.4. The molecule has 8 amide bonds. The second-order valence-electron chi connectivity index (χ2n) is 16.0. The number of nitrogens with one attached hydrogen (secondary N) is 8. The number of unbranched alkanes of at least 4 members (excludes halogenated alkanes) is 2. The van der Waals surface area contributed by atoms with Crippen molar-refractivity contribution < 1.29 is 58.8 Å². The van der Waals surface area contributed by atoms with Crippen LogP contribution in [0.1, 0.15) is 129 Å². The molecular formula is C49H60N8O12S2. The predicted octanol–water partition coefficient (Wildman–Crippen LogP) is 4.26. The van der Waals surface area contributed by atoms with E-state index < -0.39 is 47.3 Å². The Morgan fingerprint density at radius 3 is 0.901 bits per heavy atom. The van der Waals surface area contributed by atoms with Crippen molar-refractivity contribution in [2.75, 3.05) is 23.0 Å². The monoisotopic (exact) mass is 1020 g/mol. The summed E-state index contributed by atoms with van der Waals surface area (Å²) >= 11 is 2.59. The van der Waals surface area contributed by atoms with Crippen LogP contribution in [0.15, 0.2) is 72.8 Å². The number of benzene rings is 4. The molecule has 380 valence electrons. The Morgan fingerprint density at radius 2 is 0.634 bits per heavy atom. The molecule has 4 rings (SSSR count). The van der Waals surface area contributed by atoms with Gasteiger partial charge >= 0.3 is 0 Å². The molecule has 4 aromatic carbocycles. The second kappa shape index (κ2) is 29.5. The van der Waals surface area contributed by atoms with Gasteiger partial charge < -0.3 is 20.4 Å². The van der Waals surface area contributed by atoms with Gasteiger partial charge in [0, 0.05) is 48.7 Å². The maximum atomic E-state index is 12.9. The maximum Gasteiger partial charge on any atom is 0.273 e. The van der Waals surface area contributed by atoms with Crippen LogP contribution in [0.4, 0.5) is 0 Å². The van der Waals surface area contributed by atoms with Crippen LogP contribution in [-0.2, 0) is 38.4 Å². The summed E-state index contributed by atoms with van der Waals surface area (Å²) in [5.41, 5.74) is 20.9. The summed E-state index contributed by atoms with van der Waals surface area (Å²) in [6.45, 7) is 4.09. The summed E-state index contributed by atoms with van der Waals surface area (Å²) in [6, 6.07) is 18.0. The van der Waals surface area contributed by atoms with Gasteiger partial charge in [-0.15, -0.1) is 0 Å². The Hall–Kier alpha value is -7.46. The third-order valence-corrected chi connectivity index (χ3v) is 12.4. The molecule has 0 unspecified atom stereocenters. The molecular weight excluding hydrogens is 957 g/mol. The number of thioether (sulfide) groups is 2. The van der Waals surface area contributed by atoms with Crippen LogP contribution < -0.4 is 43.4 Å². The Labute approximate surface area is 419 Å². The first-order valence-corrected chi connectivity index (χ1v) is 25.2. The predicted molar refractivity (Wildman–Crippen MR) is 268 cm³/mol. The largest absolute Gasteiger partial charge is 0.507 e. The van der Waals surface area contributed by atoms with Crippen molar-refractivity contribution in [1.29, 1.82) is 0 Å². The molecule has 0 aliphatic carbocycles. The van der Waals surface area contributed by atoms with Gasteiger partial charge in [0.25, 0.3) is 23.6 Å². The molecule has 0 fully saturated rings. The van der Waals surface area contributed by atoms with Crippen molar-refractivity contribution in [3.8, 4) is 23.0 Å². The number of aromatic hydroxyl groups is 4. The van der Waals surface area contributed by atoms with Crippen molar-refractivity contribution >= 4 is 70.8 Å². The molecule has 0 aromatic heterocycles. The van der Waals surface area contributed by atoms with Gasteiger partial charge in [-0.25, -0.2) is 0 Å². The minimum Gasteiger partial charge on any atom is -0.507 e. The summed E-state index contributed by atoms with van der Waals surface area (Å²) in [4.78, 5) is 100. The standard InChI is InChI=1S/C49H60N8O12S2/c1-3-5-7-30-9-13-38(58)34(26-30)46(66)54-50-42(62)17-21-70-23-19-44(64)52-56-48(68)36-28-32(11-15-40(36)60)25-33-12-16-41(61)37(29-33)49(69)57-53-45(65)20-24-71-22-18-43(63)51-55-47(67)35-27-31(8-6-4-2)10-14-39(35)59/h9-16,26-29,58-61H,3-8,17-25H2,1-2H3,(H,50,62)(H,51,63)(H,52,64)(H,53,65)(H,54,66)(H,55,67)(H,56,68)(H,57,69). The molecule has 12 N–H and O–H groups in total. The zero-order chi connectivity index (χ0) is 51.7. The highest BCUT2D eigenvalue weighted by Crippen LogP contribution is 2.25. The number of phenolic OH excluding ortho intramolecular Hbond substituents is 4. The van der Waals surface area contributed by atoms with Crippen molar-refractivity contribution in [3.63, 3.8) is 0 Å². The van der Waals surface area contributed by atoms with E-state index in [9.17, 15) is 58.8 Å². The van der Waals surface area contributed by atoms with Gasteiger partial charge in [-0.3, -0.25) is 81.8 Å². The lowest BCUT2D eigenvalue weighted by Crippen LogP contribution is -2.42. The Bertz CT molecular complexity index is 2370. The SMILES string of the molecule is CCCCc1ccc(O)c(C(=O)NNC(=O)CCSCCC(=O)NNC(=O)c2cc(Cc3ccc(O)c(C(=O)NNC(=O)CCSCCC(=O)NNC(=O)c4cc(CCCC)ccc4O)c3)ccc2O)c1. The lowest BCUT2D eigenvalue weighted by Gasteiger charge is -2.12. The molecule has 0 bridgehead atoms. The smallest absolute Gasteiger partial charge is 0.273 e. The first-order valence-electron chi connectivity index (χ1n) is 22.9. The second-order valence-corrected chi connectivity index (χ2v) is 18.5. The van der Waals surface area contributed by atoms with E-state index in [-0.39, 0.29) is 77.4 Å². The van der Waals surface area contributed by atoms with Crippen LogP contribution >= 0.6 is 23.5 Å². The quantitative estimate of drug-likeness (QED) is 0.0345. The number of hydrogen-bond donors (Lipinski definition) is 12. The minimum absolute atomic E-state index is 0.0153. The van der Waals surface area contributed by atoms with Gasteiger partial charge in [-0.2, -0.15) is 23.5 Å². The average Bonchev–Trinajstić information content (AvgIpc) is 3.36. The fraction of sp³-hybridized carbons (Fsp3) is 0.347. The van der Waals surface area contributed by atoms with E-state index in [4.69, 9.17) is 0 Å². The molecule has 0 radical (unpaired) electrons. The Morgan fingerprint density at radius 1 is 0.380 bits per heavy atom. The van der Waals surface area contributed by atoms with Gasteiger partial charge in [-0.1, -0.05) is 51.0 Å². The van der Waals surface area contributed by atoms with Crippen LogP contribution in [0.25, 0.3) is 0 Å². The highest BCUT2D eigenvalue weighted by Gasteiger charge is 2.18. The van der Waals surface area contributed by atoms with Crippen molar-refractivity contribution in [2.45, 2.75) is 84.5 Å². The molecule has 22 heteroatoms. The van der Waals surface area contributed by atoms with Crippen LogP contribution in [0.2, 0.25) is 0 Å². The van der Waals surface area contributed by atoms with Crippen LogP contribution in [-0.4, -0.2) is 90.7 Å². The van der Waals surface area contributed by atoms with Crippen LogP contribution in [0.3, 0.4) is 0 Å². The molecule has 4 aromatic rings. The van der Waals surface area contributed by atoms with Gasteiger partial charge in [0.2, 0.25) is 23.6 Å². The number of phenols is 4. The van der Waals surface area contributed by atoms with E-state index in [0.29, 0.717) is 34.1 Å². The van der Waals surface area contributed by atoms with Gasteiger partial charge in [0.05, 0.1) is 22.3 Å². The number of aryl methyl sites for hydroxylation is 2. The molecule has 0 aliphatic heterocycles. The first-order chi connectivity index (χ1) is 34.1. The molecule has 0 aliphatic rings. The van der Waals surface area contributed by atoms with Crippen molar-refractivity contribution in [1.82, 2.24) is 43.4 Å². The third kappa shape index (κ3) is 19.5. The van der Waals surface area contributed by atoms with Crippen LogP contribution in [0, 0.1) is 0 Å². The number of carbonyl (C=O) groups is 8. The number of amides is 8. The summed E-state index contributed by atoms with van der Waals surface area (Å²) < 4.78 is 0. The number of carbonyl (C=O) groups excluding carboxylic acids is 8. The van der Waals surface area contributed by atoms with E-state index in [1.54, 1.807) is 36.4 Å². The van der Waals surface area contributed by atoms with Crippen LogP contribution in [0.5, 0.6) is 23.0 Å². The number of rotatable bonds is 24. The summed E-state index contributed by atoms with van der Waals surface area (Å²) in [7, 11) is 0. The van der Waals surface area contributed by atoms with E-state index in [0.717, 1.165) is 49.7 Å². The highest BCUT2D eigenvalue weighted by molar-refractivity contribution is 7.99. The lowest BCUT2D eigenvalue weighted by molar-refractivity contribution is -0.122. The van der Waals surface area contributed by atoms with E-state index in [1.807, 2.05) is 13.8 Å². The van der Waals surface area contributed by atoms with Crippen molar-refractivity contribution in [2.24, 2.45) is 0 Å². The third-order valence-electron chi connectivity index (χ3n) is 10.4. The van der Waals surface area contributed by atoms with Gasteiger partial charge in [0.1, 0.15) is 23.0 Å². The first kappa shape index (κ1) is 56.1.